The molecule has 3 N–H and O–H groups in total. The van der Waals surface area contributed by atoms with Crippen LogP contribution in [-0.4, -0.2) is 59.6 Å². The number of para-hydroxylation sites is 1. The molecule has 484 valence electrons. The van der Waals surface area contributed by atoms with Crippen LogP contribution in [0.2, 0.25) is 0 Å². The number of nitrogens with zero attached hydrogens (tertiary/aromatic N) is 1. The van der Waals surface area contributed by atoms with E-state index in [9.17, 15) is 31.6 Å². The number of ketones is 3. The second kappa shape index (κ2) is 54.9. The topological polar surface area (TPSA) is 136 Å². The molecule has 0 aromatic heterocycles. The van der Waals surface area contributed by atoms with Gasteiger partial charge >= 0.3 is 52.1 Å². The number of rotatable bonds is 17. The summed E-state index contributed by atoms with van der Waals surface area (Å²) in [6.07, 6.45) is 2.97. The first-order valence-electron chi connectivity index (χ1n) is 27.6. The van der Waals surface area contributed by atoms with Crippen LogP contribution in [0.3, 0.4) is 0 Å². The summed E-state index contributed by atoms with van der Waals surface area (Å²) in [4.78, 5) is 31.0. The smallest absolute Gasteiger partial charge is 0.870 e. The Kier molecular flexibility index (Phi) is 54.1. The number of carbonyl (C=O) groups excluding carboxylic acids is 3. The van der Waals surface area contributed by atoms with E-state index in [1.54, 1.807) is 0 Å². The van der Waals surface area contributed by atoms with Gasteiger partial charge in [-0.25, -0.2) is 0 Å². The average Bonchev–Trinajstić information content (AvgIpc) is 1.45. The van der Waals surface area contributed by atoms with Crippen molar-refractivity contribution in [2.24, 2.45) is 0 Å². The summed E-state index contributed by atoms with van der Waals surface area (Å²) in [5, 5.41) is 11.2. The zero-order valence-corrected chi connectivity index (χ0v) is 58.9. The molecule has 7 nitrogen and oxygen atoms in total. The Hall–Kier alpha value is -5.59. The molecule has 0 radical (unpaired) electrons. The summed E-state index contributed by atoms with van der Waals surface area (Å²) >= 11 is 9.17. The molecule has 9 rings (SSSR count). The fourth-order valence-electron chi connectivity index (χ4n) is 7.43. The third-order valence-corrected chi connectivity index (χ3v) is 20.9. The molecule has 0 heterocycles. The molecule has 0 fully saturated rings. The molecule has 91 heavy (non-hydrogen) atoms. The van der Waals surface area contributed by atoms with E-state index in [2.05, 4.69) is 321 Å². The van der Waals surface area contributed by atoms with Crippen molar-refractivity contribution in [1.29, 1.82) is 0 Å². The standard InChI is InChI=1S/C32H29NP2.C26H22P2.3C3H6O.C3H8S2.CO.BF4.Fe.Ni.2H2O/c1-6-16-28(17-7-1)33(26-34(29-18-8-2-9-19-29)30-20-10-3-11-21-30)27-35(31-22-12-4-13-23-31)32-24-14-5-15-25-32;1-5-13-23(14-6-1)27(24-15-7-2-8-16-24)21-22-28(25-17-9-3-10-18-25)26-19-11-4-12-20-26;3*1-3(2)4;4-2-1-3-5;1-2;2-1(3,4)5;;;;/h1-25H,26-27H2;1-22H;3*1-2H3;4-5H,1-3H2;;;;;2*1H2/q;;;;;;;-1;2*+2;;/p-3/b;22-21-;;;;;;;;;;. The van der Waals surface area contributed by atoms with Gasteiger partial charge in [-0.05, 0) is 128 Å². The van der Waals surface area contributed by atoms with Gasteiger partial charge < -0.3 is 72.8 Å². The van der Waals surface area contributed by atoms with Crippen molar-refractivity contribution in [3.05, 3.63) is 291 Å². The number of benzene rings is 9. The zero-order chi connectivity index (χ0) is 64.1. The molecule has 0 unspecified atom stereocenters. The van der Waals surface area contributed by atoms with Gasteiger partial charge in [0.2, 0.25) is 0 Å². The number of hydrogen-bond donors (Lipinski definition) is 0. The Morgan fingerprint density at radius 1 is 0.396 bits per heavy atom. The maximum atomic E-state index is 9.75. The van der Waals surface area contributed by atoms with Crippen LogP contribution in [0.5, 0.6) is 0 Å². The number of hydrogen-bond acceptors (Lipinski definition) is 7. The van der Waals surface area contributed by atoms with Crippen LogP contribution in [0.15, 0.2) is 285 Å². The van der Waals surface area contributed by atoms with Crippen molar-refractivity contribution in [2.45, 2.75) is 48.0 Å². The SMILES string of the molecule is C(=C/P(c1ccccc1)c1ccccc1)/P(c1ccccc1)c1ccccc1.CC(C)=O.CC(C)=O.CC(C)=O.F[B-](F)(F)F.O.[C-]#[O+].[Fe+2].[Ni+2].[OH-].[S-]CCC[S-].c1ccc(N(CP(c2ccccc2)c2ccccc2)CP(c2ccccc2)c2ccccc2)cc1. The molecule has 0 bridgehead atoms. The zero-order valence-electron chi connectivity index (χ0n) is 51.6. The quantitative estimate of drug-likeness (QED) is 0.0221. The van der Waals surface area contributed by atoms with Crippen LogP contribution in [0.1, 0.15) is 48.0 Å². The van der Waals surface area contributed by atoms with Crippen molar-refractivity contribution >= 4 is 130 Å². The van der Waals surface area contributed by atoms with Gasteiger partial charge in [-0.15, -0.1) is 0 Å². The predicted octanol–water partition coefficient (Wildman–Crippen LogP) is 14.9. The first kappa shape index (κ1) is 89.6. The van der Waals surface area contributed by atoms with E-state index in [0.717, 1.165) is 30.5 Å². The maximum absolute atomic E-state index is 9.75. The number of carbonyl (C=O) groups is 3. The molecule has 0 aliphatic rings. The summed E-state index contributed by atoms with van der Waals surface area (Å²) < 4.78 is 46.5. The molecule has 20 heteroatoms. The first-order valence-corrected chi connectivity index (χ1v) is 34.6. The van der Waals surface area contributed by atoms with Crippen molar-refractivity contribution < 1.29 is 80.8 Å². The van der Waals surface area contributed by atoms with Crippen molar-refractivity contribution in [3.8, 4) is 0 Å². The Morgan fingerprint density at radius 2 is 0.549 bits per heavy atom. The van der Waals surface area contributed by atoms with Crippen LogP contribution >= 0.6 is 31.7 Å². The van der Waals surface area contributed by atoms with Crippen molar-refractivity contribution in [3.63, 3.8) is 0 Å². The van der Waals surface area contributed by atoms with Crippen LogP contribution in [-0.2, 0) is 77.9 Å². The minimum atomic E-state index is -6.00. The second-order valence-corrected chi connectivity index (χ2v) is 28.0. The van der Waals surface area contributed by atoms with Gasteiger partial charge in [0.1, 0.15) is 17.3 Å². The summed E-state index contributed by atoms with van der Waals surface area (Å²) in [6.45, 7) is 13.7. The Balaban J connectivity index is -0.00000123. The fourth-order valence-corrected chi connectivity index (χ4v) is 17.0. The average molecular weight is 1430 g/mol. The van der Waals surface area contributed by atoms with Gasteiger partial charge in [0.25, 0.3) is 0 Å². The molecule has 0 aliphatic carbocycles. The predicted molar refractivity (Wildman–Crippen MR) is 382 cm³/mol. The van der Waals surface area contributed by atoms with Crippen LogP contribution in [0, 0.1) is 6.65 Å². The van der Waals surface area contributed by atoms with E-state index in [-0.39, 0.29) is 61.9 Å². The number of Topliss-reactive ketones (excluding diaryl/α,β-unsaturated/α-hetero) is 3. The molecule has 0 spiro atoms. The van der Waals surface area contributed by atoms with Crippen molar-refractivity contribution in [2.75, 3.05) is 29.0 Å². The number of anilines is 1. The Labute approximate surface area is 574 Å². The summed E-state index contributed by atoms with van der Waals surface area (Å²) in [5.41, 5.74) is 1.28. The van der Waals surface area contributed by atoms with Gasteiger partial charge in [0.15, 0.2) is 0 Å². The summed E-state index contributed by atoms with van der Waals surface area (Å²) in [7, 11) is -8.15. The Morgan fingerprint density at radius 3 is 0.703 bits per heavy atom. The maximum Gasteiger partial charge on any atom is 2.00 e. The van der Waals surface area contributed by atoms with Gasteiger partial charge in [0.05, 0.1) is 0 Å². The third-order valence-electron chi connectivity index (χ3n) is 10.8. The molecule has 0 amide bonds. The molecule has 0 saturated heterocycles. The van der Waals surface area contributed by atoms with E-state index >= 15 is 0 Å². The van der Waals surface area contributed by atoms with Gasteiger partial charge in [-0.1, -0.05) is 279 Å². The van der Waals surface area contributed by atoms with E-state index in [1.165, 1.54) is 89.7 Å². The van der Waals surface area contributed by atoms with Crippen molar-refractivity contribution in [1.82, 2.24) is 0 Å². The van der Waals surface area contributed by atoms with Crippen LogP contribution in [0.25, 0.3) is 0 Å². The van der Waals surface area contributed by atoms with E-state index in [4.69, 9.17) is 4.65 Å². The monoisotopic (exact) mass is 1430 g/mol. The molecule has 0 atom stereocenters. The van der Waals surface area contributed by atoms with Crippen LogP contribution in [0.4, 0.5) is 23.0 Å². The second-order valence-electron chi connectivity index (χ2n) is 18.7. The largest absolute Gasteiger partial charge is 2.00 e. The molecule has 0 aliphatic heterocycles. The summed E-state index contributed by atoms with van der Waals surface area (Å²) in [6, 6.07) is 98.5. The van der Waals surface area contributed by atoms with E-state index in [0.29, 0.717) is 0 Å². The molecular formula is C71H78BF4FeNNiO6P4S2. The minimum Gasteiger partial charge on any atom is -0.870 e. The van der Waals surface area contributed by atoms with Gasteiger partial charge in [0, 0.05) is 18.3 Å². The van der Waals surface area contributed by atoms with Crippen LogP contribution < -0.4 is 47.3 Å². The molecule has 9 aromatic carbocycles. The van der Waals surface area contributed by atoms with E-state index in [1.807, 2.05) is 0 Å². The third kappa shape index (κ3) is 41.6. The Bertz CT molecular complexity index is 2900. The van der Waals surface area contributed by atoms with Gasteiger partial charge in [-0.2, -0.15) is 11.5 Å². The fraction of sp³-hybridized carbons (Fsp3) is 0.155. The normalized spacial score (nSPS) is 9.74. The summed E-state index contributed by atoms with van der Waals surface area (Å²) in [5.74, 6) is 7.05. The molecule has 0 saturated carbocycles. The molecular weight excluding hydrogens is 1350 g/mol. The minimum absolute atomic E-state index is 0. The molecule has 9 aromatic rings. The van der Waals surface area contributed by atoms with E-state index < -0.39 is 38.9 Å². The first-order chi connectivity index (χ1) is 41.9. The van der Waals surface area contributed by atoms with Gasteiger partial charge in [-0.3, -0.25) is 0 Å². The number of halogens is 4.